The average Bonchev–Trinajstić information content (AvgIpc) is 2.58. The van der Waals surface area contributed by atoms with Crippen molar-refractivity contribution in [1.82, 2.24) is 9.88 Å². The number of hydrogen-bond donors (Lipinski definition) is 1. The number of aromatic nitrogens is 1. The van der Waals surface area contributed by atoms with E-state index < -0.39 is 0 Å². The van der Waals surface area contributed by atoms with E-state index in [9.17, 15) is 9.59 Å². The fourth-order valence-corrected chi connectivity index (χ4v) is 2.60. The van der Waals surface area contributed by atoms with Crippen LogP contribution in [0.3, 0.4) is 0 Å². The van der Waals surface area contributed by atoms with E-state index in [4.69, 9.17) is 9.47 Å². The number of pyridine rings is 1. The van der Waals surface area contributed by atoms with Crippen LogP contribution in [0.2, 0.25) is 0 Å². The summed E-state index contributed by atoms with van der Waals surface area (Å²) < 4.78 is 12.6. The van der Waals surface area contributed by atoms with Crippen LogP contribution in [0.25, 0.3) is 0 Å². The molecule has 0 saturated carbocycles. The third kappa shape index (κ3) is 4.86. The number of carbonyl (C=O) groups is 1. The molecule has 1 heterocycles. The number of hydrogen-bond acceptors (Lipinski definition) is 4. The molecule has 7 heteroatoms. The Morgan fingerprint density at radius 3 is 2.62 bits per heavy atom. The zero-order valence-electron chi connectivity index (χ0n) is 13.5. The van der Waals surface area contributed by atoms with E-state index in [1.54, 1.807) is 26.5 Å². The Labute approximate surface area is 148 Å². The van der Waals surface area contributed by atoms with E-state index in [2.05, 4.69) is 21.2 Å². The normalized spacial score (nSPS) is 10.3. The van der Waals surface area contributed by atoms with Gasteiger partial charge in [-0.05, 0) is 46.1 Å². The minimum absolute atomic E-state index is 0.00972. The standard InChI is InChI=1S/C17H19BrN2O4/c1-23-14-5-3-12(9-15(14)24-2)7-8-19-16(21)11-20-10-13(18)4-6-17(20)22/h3-6,9-10H,7-8,11H2,1-2H3,(H,19,21). The summed E-state index contributed by atoms with van der Waals surface area (Å²) >= 11 is 3.28. The highest BCUT2D eigenvalue weighted by Gasteiger charge is 2.07. The van der Waals surface area contributed by atoms with E-state index in [1.165, 1.54) is 10.6 Å². The van der Waals surface area contributed by atoms with Gasteiger partial charge in [-0.2, -0.15) is 0 Å². The first-order valence-corrected chi connectivity index (χ1v) is 8.16. The largest absolute Gasteiger partial charge is 0.493 e. The Balaban J connectivity index is 1.88. The zero-order valence-corrected chi connectivity index (χ0v) is 15.1. The molecule has 0 saturated heterocycles. The number of methoxy groups -OCH3 is 2. The van der Waals surface area contributed by atoms with Crippen molar-refractivity contribution in [3.63, 3.8) is 0 Å². The lowest BCUT2D eigenvalue weighted by molar-refractivity contribution is -0.121. The molecule has 0 bridgehead atoms. The molecule has 24 heavy (non-hydrogen) atoms. The van der Waals surface area contributed by atoms with Crippen molar-refractivity contribution in [1.29, 1.82) is 0 Å². The topological polar surface area (TPSA) is 69.6 Å². The molecule has 0 aliphatic rings. The number of benzene rings is 1. The molecule has 0 aliphatic heterocycles. The van der Waals surface area contributed by atoms with Gasteiger partial charge in [-0.3, -0.25) is 9.59 Å². The third-order valence-corrected chi connectivity index (χ3v) is 3.91. The summed E-state index contributed by atoms with van der Waals surface area (Å²) in [5.74, 6) is 1.11. The van der Waals surface area contributed by atoms with E-state index in [0.717, 1.165) is 10.0 Å². The quantitative estimate of drug-likeness (QED) is 0.779. The molecule has 1 aromatic carbocycles. The summed E-state index contributed by atoms with van der Waals surface area (Å²) in [5.41, 5.74) is 0.806. The van der Waals surface area contributed by atoms with E-state index in [-0.39, 0.29) is 18.0 Å². The highest BCUT2D eigenvalue weighted by atomic mass is 79.9. The maximum Gasteiger partial charge on any atom is 0.251 e. The van der Waals surface area contributed by atoms with Crippen molar-refractivity contribution in [2.24, 2.45) is 0 Å². The summed E-state index contributed by atoms with van der Waals surface area (Å²) in [6, 6.07) is 8.70. The first kappa shape index (κ1) is 18.1. The molecule has 0 fully saturated rings. The zero-order chi connectivity index (χ0) is 17.5. The van der Waals surface area contributed by atoms with Gasteiger partial charge in [-0.1, -0.05) is 6.07 Å². The van der Waals surface area contributed by atoms with Crippen LogP contribution in [-0.2, 0) is 17.8 Å². The number of rotatable bonds is 7. The number of halogens is 1. The highest BCUT2D eigenvalue weighted by Crippen LogP contribution is 2.27. The van der Waals surface area contributed by atoms with Gasteiger partial charge in [0, 0.05) is 23.3 Å². The Kier molecular flexibility index (Phi) is 6.43. The molecular formula is C17H19BrN2O4. The van der Waals surface area contributed by atoms with Crippen LogP contribution in [-0.4, -0.2) is 31.2 Å². The van der Waals surface area contributed by atoms with Crippen LogP contribution < -0.4 is 20.3 Å². The van der Waals surface area contributed by atoms with Crippen molar-refractivity contribution in [2.45, 2.75) is 13.0 Å². The number of ether oxygens (including phenoxy) is 2. The van der Waals surface area contributed by atoms with Gasteiger partial charge in [0.1, 0.15) is 6.54 Å². The van der Waals surface area contributed by atoms with Crippen molar-refractivity contribution >= 4 is 21.8 Å². The van der Waals surface area contributed by atoms with Gasteiger partial charge in [0.2, 0.25) is 5.91 Å². The van der Waals surface area contributed by atoms with Gasteiger partial charge in [0.05, 0.1) is 14.2 Å². The fourth-order valence-electron chi connectivity index (χ4n) is 2.22. The summed E-state index contributed by atoms with van der Waals surface area (Å²) in [5, 5.41) is 2.81. The smallest absolute Gasteiger partial charge is 0.251 e. The van der Waals surface area contributed by atoms with Crippen LogP contribution >= 0.6 is 15.9 Å². The molecule has 0 atom stereocenters. The molecule has 1 N–H and O–H groups in total. The van der Waals surface area contributed by atoms with Crippen LogP contribution in [0, 0.1) is 0 Å². The second-order valence-corrected chi connectivity index (χ2v) is 6.02. The lowest BCUT2D eigenvalue weighted by atomic mass is 10.1. The lowest BCUT2D eigenvalue weighted by Crippen LogP contribution is -2.33. The monoisotopic (exact) mass is 394 g/mol. The van der Waals surface area contributed by atoms with Crippen molar-refractivity contribution in [3.05, 3.63) is 56.9 Å². The third-order valence-electron chi connectivity index (χ3n) is 3.45. The Bertz CT molecular complexity index is 773. The molecular weight excluding hydrogens is 376 g/mol. The van der Waals surface area contributed by atoms with Gasteiger partial charge < -0.3 is 19.4 Å². The van der Waals surface area contributed by atoms with Gasteiger partial charge in [0.25, 0.3) is 5.56 Å². The van der Waals surface area contributed by atoms with E-state index in [1.807, 2.05) is 18.2 Å². The predicted octanol–water partition coefficient (Wildman–Crippen LogP) is 1.99. The van der Waals surface area contributed by atoms with E-state index >= 15 is 0 Å². The minimum atomic E-state index is -0.215. The SMILES string of the molecule is COc1ccc(CCNC(=O)Cn2cc(Br)ccc2=O)cc1OC. The van der Waals surface area contributed by atoms with Crippen molar-refractivity contribution < 1.29 is 14.3 Å². The Morgan fingerprint density at radius 1 is 1.17 bits per heavy atom. The van der Waals surface area contributed by atoms with Crippen molar-refractivity contribution in [2.75, 3.05) is 20.8 Å². The maximum absolute atomic E-state index is 12.0. The van der Waals surface area contributed by atoms with Crippen LogP contribution in [0.5, 0.6) is 11.5 Å². The van der Waals surface area contributed by atoms with E-state index in [0.29, 0.717) is 24.5 Å². The number of nitrogens with zero attached hydrogens (tertiary/aromatic N) is 1. The molecule has 2 aromatic rings. The Morgan fingerprint density at radius 2 is 1.92 bits per heavy atom. The maximum atomic E-state index is 12.0. The van der Waals surface area contributed by atoms with Crippen LogP contribution in [0.15, 0.2) is 45.8 Å². The Hall–Kier alpha value is -2.28. The highest BCUT2D eigenvalue weighted by molar-refractivity contribution is 9.10. The first-order valence-electron chi connectivity index (χ1n) is 7.37. The number of nitrogens with one attached hydrogen (secondary N) is 1. The molecule has 0 unspecified atom stereocenters. The molecule has 1 aromatic heterocycles. The average molecular weight is 395 g/mol. The second-order valence-electron chi connectivity index (χ2n) is 5.10. The lowest BCUT2D eigenvalue weighted by Gasteiger charge is -2.10. The number of amides is 1. The summed E-state index contributed by atoms with van der Waals surface area (Å²) in [6.45, 7) is 0.460. The molecule has 1 amide bonds. The van der Waals surface area contributed by atoms with Gasteiger partial charge in [0.15, 0.2) is 11.5 Å². The van der Waals surface area contributed by atoms with Gasteiger partial charge in [-0.25, -0.2) is 0 Å². The minimum Gasteiger partial charge on any atom is -0.493 e. The summed E-state index contributed by atoms with van der Waals surface area (Å²) in [6.07, 6.45) is 2.25. The van der Waals surface area contributed by atoms with Gasteiger partial charge >= 0.3 is 0 Å². The molecule has 2 rings (SSSR count). The first-order chi connectivity index (χ1) is 11.5. The van der Waals surface area contributed by atoms with Crippen LogP contribution in [0.4, 0.5) is 0 Å². The molecule has 0 spiro atoms. The summed E-state index contributed by atoms with van der Waals surface area (Å²) in [7, 11) is 3.17. The molecule has 0 radical (unpaired) electrons. The summed E-state index contributed by atoms with van der Waals surface area (Å²) in [4.78, 5) is 23.6. The predicted molar refractivity (Wildman–Crippen MR) is 94.7 cm³/mol. The van der Waals surface area contributed by atoms with Gasteiger partial charge in [-0.15, -0.1) is 0 Å². The molecule has 0 aliphatic carbocycles. The number of carbonyl (C=O) groups excluding carboxylic acids is 1. The molecule has 6 nitrogen and oxygen atoms in total. The van der Waals surface area contributed by atoms with Crippen molar-refractivity contribution in [3.8, 4) is 11.5 Å². The van der Waals surface area contributed by atoms with Crippen LogP contribution in [0.1, 0.15) is 5.56 Å². The molecule has 128 valence electrons. The second kappa shape index (κ2) is 8.54. The fraction of sp³-hybridized carbons (Fsp3) is 0.294.